The van der Waals surface area contributed by atoms with Gasteiger partial charge >= 0.3 is 0 Å². The van der Waals surface area contributed by atoms with Gasteiger partial charge < -0.3 is 4.43 Å². The lowest BCUT2D eigenvalue weighted by Gasteiger charge is -2.26. The van der Waals surface area contributed by atoms with Crippen LogP contribution in [0.4, 0.5) is 0 Å². The lowest BCUT2D eigenvalue weighted by molar-refractivity contribution is 0.278. The Morgan fingerprint density at radius 2 is 2.38 bits per heavy atom. The summed E-state index contributed by atoms with van der Waals surface area (Å²) in [6.45, 7) is 7.17. The molecule has 76 valence electrons. The summed E-state index contributed by atoms with van der Waals surface area (Å²) in [4.78, 5) is 0. The van der Waals surface area contributed by atoms with Crippen molar-refractivity contribution in [2.75, 3.05) is 6.61 Å². The zero-order valence-electron chi connectivity index (χ0n) is 8.80. The highest BCUT2D eigenvalue weighted by Crippen LogP contribution is 2.25. The third-order valence-electron chi connectivity index (χ3n) is 2.92. The van der Waals surface area contributed by atoms with Gasteiger partial charge in [-0.25, -0.2) is 0 Å². The molecule has 2 heteroatoms. The summed E-state index contributed by atoms with van der Waals surface area (Å²) in [6, 6.07) is 1.41. The molecule has 1 aliphatic heterocycles. The molecule has 0 aromatic heterocycles. The van der Waals surface area contributed by atoms with Crippen LogP contribution < -0.4 is 0 Å². The summed E-state index contributed by atoms with van der Waals surface area (Å²) in [7, 11) is -0.797. The number of unbranched alkanes of at least 4 members (excludes halogenated alkanes) is 1. The van der Waals surface area contributed by atoms with Crippen LogP contribution in [0.25, 0.3) is 0 Å². The topological polar surface area (TPSA) is 9.23 Å². The SMILES string of the molecule is C=CCCCC(C)[SiH]1CCCCO1. The zero-order chi connectivity index (χ0) is 9.52. The fraction of sp³-hybridized carbons (Fsp3) is 0.818. The van der Waals surface area contributed by atoms with E-state index >= 15 is 0 Å². The van der Waals surface area contributed by atoms with Crippen molar-refractivity contribution in [1.82, 2.24) is 0 Å². The fourth-order valence-corrected chi connectivity index (χ4v) is 4.82. The average molecular weight is 198 g/mol. The zero-order valence-corrected chi connectivity index (χ0v) is 9.95. The predicted molar refractivity (Wildman–Crippen MR) is 60.6 cm³/mol. The predicted octanol–water partition coefficient (Wildman–Crippen LogP) is 3.27. The minimum atomic E-state index is -0.797. The number of hydrogen-bond acceptors (Lipinski definition) is 1. The van der Waals surface area contributed by atoms with Crippen molar-refractivity contribution in [2.24, 2.45) is 0 Å². The van der Waals surface area contributed by atoms with Gasteiger partial charge in [0.05, 0.1) is 0 Å². The maximum atomic E-state index is 5.88. The van der Waals surface area contributed by atoms with Crippen LogP contribution in [0.5, 0.6) is 0 Å². The van der Waals surface area contributed by atoms with Crippen molar-refractivity contribution in [3.05, 3.63) is 12.7 Å². The second-order valence-corrected chi connectivity index (χ2v) is 7.23. The second kappa shape index (κ2) is 6.38. The molecule has 1 fully saturated rings. The Bertz CT molecular complexity index is 141. The van der Waals surface area contributed by atoms with Gasteiger partial charge in [-0.3, -0.25) is 0 Å². The monoisotopic (exact) mass is 198 g/mol. The lowest BCUT2D eigenvalue weighted by Crippen LogP contribution is -2.27. The van der Waals surface area contributed by atoms with Crippen LogP contribution in [0, 0.1) is 0 Å². The van der Waals surface area contributed by atoms with E-state index in [2.05, 4.69) is 13.5 Å². The van der Waals surface area contributed by atoms with Crippen molar-refractivity contribution in [2.45, 2.75) is 50.6 Å². The lowest BCUT2D eigenvalue weighted by atomic mass is 10.2. The van der Waals surface area contributed by atoms with E-state index in [0.29, 0.717) is 0 Å². The minimum absolute atomic E-state index is 0.797. The molecule has 2 atom stereocenters. The Morgan fingerprint density at radius 1 is 1.54 bits per heavy atom. The largest absolute Gasteiger partial charge is 0.420 e. The van der Waals surface area contributed by atoms with Crippen LogP contribution in [0.2, 0.25) is 11.6 Å². The molecule has 0 radical (unpaired) electrons. The third-order valence-corrected chi connectivity index (χ3v) is 6.16. The van der Waals surface area contributed by atoms with Gasteiger partial charge in [0.15, 0.2) is 9.04 Å². The molecule has 0 aromatic carbocycles. The smallest absolute Gasteiger partial charge is 0.179 e. The Kier molecular flexibility index (Phi) is 5.40. The van der Waals surface area contributed by atoms with Gasteiger partial charge in [-0.2, -0.15) is 0 Å². The molecule has 0 spiro atoms. The van der Waals surface area contributed by atoms with Gasteiger partial charge in [-0.1, -0.05) is 25.8 Å². The Morgan fingerprint density at radius 3 is 3.00 bits per heavy atom. The molecule has 13 heavy (non-hydrogen) atoms. The Balaban J connectivity index is 2.13. The van der Waals surface area contributed by atoms with Crippen molar-refractivity contribution < 1.29 is 4.43 Å². The molecular weight excluding hydrogens is 176 g/mol. The van der Waals surface area contributed by atoms with Gasteiger partial charge in [-0.15, -0.1) is 6.58 Å². The highest BCUT2D eigenvalue weighted by Gasteiger charge is 2.22. The standard InChI is InChI=1S/C11H22OSi/c1-3-4-5-8-11(2)13-10-7-6-9-12-13/h3,11,13H,1,4-10H2,2H3. The summed E-state index contributed by atoms with van der Waals surface area (Å²) in [5, 5.41) is 0. The molecule has 0 amide bonds. The molecular formula is C11H22OSi. The molecule has 0 aliphatic carbocycles. The summed E-state index contributed by atoms with van der Waals surface area (Å²) >= 11 is 0. The van der Waals surface area contributed by atoms with E-state index in [1.807, 2.05) is 6.08 Å². The molecule has 0 N–H and O–H groups in total. The van der Waals surface area contributed by atoms with Crippen molar-refractivity contribution in [3.8, 4) is 0 Å². The van der Waals surface area contributed by atoms with Crippen LogP contribution in [0.3, 0.4) is 0 Å². The molecule has 1 heterocycles. The Hall–Kier alpha value is -0.0831. The van der Waals surface area contributed by atoms with E-state index in [1.54, 1.807) is 0 Å². The molecule has 2 unspecified atom stereocenters. The first-order valence-corrected chi connectivity index (χ1v) is 7.52. The summed E-state index contributed by atoms with van der Waals surface area (Å²) in [5.41, 5.74) is 0.875. The van der Waals surface area contributed by atoms with E-state index < -0.39 is 9.04 Å². The number of rotatable bonds is 5. The molecule has 0 bridgehead atoms. The van der Waals surface area contributed by atoms with E-state index in [1.165, 1.54) is 38.1 Å². The van der Waals surface area contributed by atoms with Gasteiger partial charge in [0, 0.05) is 6.61 Å². The summed E-state index contributed by atoms with van der Waals surface area (Å²) in [5.74, 6) is 0. The highest BCUT2D eigenvalue weighted by atomic mass is 28.3. The van der Waals surface area contributed by atoms with Gasteiger partial charge in [0.25, 0.3) is 0 Å². The van der Waals surface area contributed by atoms with E-state index in [9.17, 15) is 0 Å². The first kappa shape index (κ1) is 11.0. The second-order valence-electron chi connectivity index (χ2n) is 4.10. The van der Waals surface area contributed by atoms with Gasteiger partial charge in [-0.05, 0) is 30.8 Å². The van der Waals surface area contributed by atoms with Crippen molar-refractivity contribution >= 4 is 9.04 Å². The van der Waals surface area contributed by atoms with Crippen LogP contribution in [0.15, 0.2) is 12.7 Å². The van der Waals surface area contributed by atoms with Gasteiger partial charge in [0.1, 0.15) is 0 Å². The van der Waals surface area contributed by atoms with Crippen LogP contribution in [-0.2, 0) is 4.43 Å². The maximum absolute atomic E-state index is 5.88. The van der Waals surface area contributed by atoms with E-state index in [4.69, 9.17) is 4.43 Å². The quantitative estimate of drug-likeness (QED) is 0.374. The summed E-state index contributed by atoms with van der Waals surface area (Å²) in [6.07, 6.45) is 8.56. The first-order chi connectivity index (χ1) is 6.34. The fourth-order valence-electron chi connectivity index (χ4n) is 1.98. The van der Waals surface area contributed by atoms with Crippen LogP contribution >= 0.6 is 0 Å². The highest BCUT2D eigenvalue weighted by molar-refractivity contribution is 6.53. The van der Waals surface area contributed by atoms with Crippen molar-refractivity contribution in [3.63, 3.8) is 0 Å². The van der Waals surface area contributed by atoms with E-state index in [0.717, 1.165) is 12.1 Å². The van der Waals surface area contributed by atoms with Gasteiger partial charge in [0.2, 0.25) is 0 Å². The molecule has 1 saturated heterocycles. The van der Waals surface area contributed by atoms with E-state index in [-0.39, 0.29) is 0 Å². The molecule has 1 rings (SSSR count). The Labute approximate surface area is 83.9 Å². The van der Waals surface area contributed by atoms with Crippen LogP contribution in [0.1, 0.15) is 39.0 Å². The van der Waals surface area contributed by atoms with Crippen LogP contribution in [-0.4, -0.2) is 15.6 Å². The number of allylic oxidation sites excluding steroid dienone is 1. The first-order valence-electron chi connectivity index (χ1n) is 5.57. The van der Waals surface area contributed by atoms with Crippen molar-refractivity contribution in [1.29, 1.82) is 0 Å². The normalized spacial score (nSPS) is 25.5. The number of hydrogen-bond donors (Lipinski definition) is 0. The summed E-state index contributed by atoms with van der Waals surface area (Å²) < 4.78 is 5.88. The molecule has 1 aliphatic rings. The molecule has 0 saturated carbocycles. The molecule has 0 aromatic rings. The molecule has 1 nitrogen and oxygen atoms in total. The minimum Gasteiger partial charge on any atom is -0.420 e. The maximum Gasteiger partial charge on any atom is 0.179 e. The average Bonchev–Trinajstić information content (AvgIpc) is 2.19. The third kappa shape index (κ3) is 4.10.